The molecule has 0 spiro atoms. The zero-order chi connectivity index (χ0) is 13.0. The van der Waals surface area contributed by atoms with Crippen LogP contribution in [0.1, 0.15) is 11.1 Å². The van der Waals surface area contributed by atoms with E-state index in [1.54, 1.807) is 12.1 Å². The summed E-state index contributed by atoms with van der Waals surface area (Å²) >= 11 is 5.86. The average molecular weight is 267 g/mol. The molecule has 2 aromatic carbocycles. The normalized spacial score (nSPS) is 10.4. The third-order valence-electron chi connectivity index (χ3n) is 2.48. The van der Waals surface area contributed by atoms with E-state index < -0.39 is 5.82 Å². The van der Waals surface area contributed by atoms with E-state index in [-0.39, 0.29) is 6.61 Å². The predicted molar refractivity (Wildman–Crippen MR) is 68.1 cm³/mol. The Bertz CT molecular complexity index is 543. The van der Waals surface area contributed by atoms with Gasteiger partial charge in [-0.2, -0.15) is 0 Å². The van der Waals surface area contributed by atoms with Crippen LogP contribution in [0.25, 0.3) is 0 Å². The first kappa shape index (κ1) is 12.9. The molecule has 0 amide bonds. The first-order valence-corrected chi connectivity index (χ1v) is 5.83. The summed E-state index contributed by atoms with van der Waals surface area (Å²) < 4.78 is 18.5. The molecule has 0 atom stereocenters. The highest BCUT2D eigenvalue weighted by Gasteiger charge is 2.05. The summed E-state index contributed by atoms with van der Waals surface area (Å²) in [6, 6.07) is 11.4. The number of rotatable bonds is 4. The Balaban J connectivity index is 2.10. The van der Waals surface area contributed by atoms with Gasteiger partial charge in [0.1, 0.15) is 18.2 Å². The van der Waals surface area contributed by atoms with Crippen molar-refractivity contribution in [2.75, 3.05) is 0 Å². The summed E-state index contributed by atoms with van der Waals surface area (Å²) in [5.74, 6) is 0.0769. The molecule has 0 bridgehead atoms. The Labute approximate surface area is 110 Å². The van der Waals surface area contributed by atoms with Gasteiger partial charge in [-0.05, 0) is 35.9 Å². The quantitative estimate of drug-likeness (QED) is 0.917. The van der Waals surface area contributed by atoms with E-state index in [0.29, 0.717) is 22.9 Å². The van der Waals surface area contributed by atoms with Gasteiger partial charge in [0.15, 0.2) is 0 Å². The lowest BCUT2D eigenvalue weighted by molar-refractivity contribution is 0.258. The van der Waals surface area contributed by atoms with Crippen molar-refractivity contribution in [3.8, 4) is 5.75 Å². The molecular formula is C14H12ClFO2. The van der Waals surface area contributed by atoms with Crippen LogP contribution in [-0.4, -0.2) is 5.11 Å². The van der Waals surface area contributed by atoms with Gasteiger partial charge < -0.3 is 9.84 Å². The van der Waals surface area contributed by atoms with E-state index in [9.17, 15) is 4.39 Å². The molecule has 0 aliphatic carbocycles. The van der Waals surface area contributed by atoms with E-state index in [2.05, 4.69) is 0 Å². The van der Waals surface area contributed by atoms with Crippen LogP contribution in [0.2, 0.25) is 5.02 Å². The maximum atomic E-state index is 13.0. The minimum atomic E-state index is -0.394. The summed E-state index contributed by atoms with van der Waals surface area (Å²) in [6.07, 6.45) is 0. The Morgan fingerprint density at radius 1 is 1.17 bits per heavy atom. The molecular weight excluding hydrogens is 255 g/mol. The molecule has 4 heteroatoms. The number of hydrogen-bond donors (Lipinski definition) is 1. The van der Waals surface area contributed by atoms with Gasteiger partial charge in [0.2, 0.25) is 0 Å². The van der Waals surface area contributed by atoms with Crippen molar-refractivity contribution in [2.45, 2.75) is 13.2 Å². The molecule has 0 saturated carbocycles. The topological polar surface area (TPSA) is 29.5 Å². The zero-order valence-electron chi connectivity index (χ0n) is 9.57. The van der Waals surface area contributed by atoms with E-state index in [0.717, 1.165) is 5.56 Å². The zero-order valence-corrected chi connectivity index (χ0v) is 10.3. The monoisotopic (exact) mass is 266 g/mol. The first-order chi connectivity index (χ1) is 8.69. The van der Waals surface area contributed by atoms with Crippen LogP contribution in [0.3, 0.4) is 0 Å². The highest BCUT2D eigenvalue weighted by molar-refractivity contribution is 6.30. The van der Waals surface area contributed by atoms with Crippen LogP contribution < -0.4 is 4.74 Å². The summed E-state index contributed by atoms with van der Waals surface area (Å²) in [5, 5.41) is 9.75. The van der Waals surface area contributed by atoms with Gasteiger partial charge in [0.05, 0.1) is 6.61 Å². The van der Waals surface area contributed by atoms with E-state index in [1.165, 1.54) is 18.2 Å². The number of benzene rings is 2. The second-order valence-electron chi connectivity index (χ2n) is 3.83. The summed E-state index contributed by atoms with van der Waals surface area (Å²) in [4.78, 5) is 0. The lowest BCUT2D eigenvalue weighted by Gasteiger charge is -2.10. The lowest BCUT2D eigenvalue weighted by Crippen LogP contribution is -1.99. The minimum Gasteiger partial charge on any atom is -0.489 e. The molecule has 18 heavy (non-hydrogen) atoms. The predicted octanol–water partition coefficient (Wildman–Crippen LogP) is 3.55. The highest BCUT2D eigenvalue weighted by Crippen LogP contribution is 2.21. The molecule has 0 fully saturated rings. The number of aliphatic hydroxyl groups is 1. The van der Waals surface area contributed by atoms with Gasteiger partial charge in [-0.3, -0.25) is 0 Å². The third kappa shape index (κ3) is 3.22. The fourth-order valence-electron chi connectivity index (χ4n) is 1.60. The SMILES string of the molecule is OCc1cc(F)ccc1OCc1cccc(Cl)c1. The van der Waals surface area contributed by atoms with Crippen molar-refractivity contribution in [2.24, 2.45) is 0 Å². The first-order valence-electron chi connectivity index (χ1n) is 5.45. The Morgan fingerprint density at radius 2 is 2.00 bits per heavy atom. The van der Waals surface area contributed by atoms with Gasteiger partial charge >= 0.3 is 0 Å². The number of aliphatic hydroxyl groups excluding tert-OH is 1. The van der Waals surface area contributed by atoms with Gasteiger partial charge in [-0.15, -0.1) is 0 Å². The van der Waals surface area contributed by atoms with Crippen molar-refractivity contribution in [3.05, 3.63) is 64.4 Å². The highest BCUT2D eigenvalue weighted by atomic mass is 35.5. The van der Waals surface area contributed by atoms with Crippen LogP contribution >= 0.6 is 11.6 Å². The van der Waals surface area contributed by atoms with Crippen molar-refractivity contribution < 1.29 is 14.2 Å². The minimum absolute atomic E-state index is 0.261. The molecule has 2 nitrogen and oxygen atoms in total. The molecule has 0 unspecified atom stereocenters. The lowest BCUT2D eigenvalue weighted by atomic mass is 10.2. The van der Waals surface area contributed by atoms with E-state index in [4.69, 9.17) is 21.4 Å². The van der Waals surface area contributed by atoms with Gasteiger partial charge in [0, 0.05) is 10.6 Å². The molecule has 0 aliphatic heterocycles. The maximum absolute atomic E-state index is 13.0. The molecule has 0 radical (unpaired) electrons. The second-order valence-corrected chi connectivity index (χ2v) is 4.27. The molecule has 0 aliphatic rings. The fourth-order valence-corrected chi connectivity index (χ4v) is 1.81. The molecule has 0 heterocycles. The Morgan fingerprint density at radius 3 is 2.72 bits per heavy atom. The van der Waals surface area contributed by atoms with Crippen LogP contribution in [0.4, 0.5) is 4.39 Å². The Kier molecular flexibility index (Phi) is 4.18. The van der Waals surface area contributed by atoms with Crippen molar-refractivity contribution in [1.82, 2.24) is 0 Å². The van der Waals surface area contributed by atoms with Gasteiger partial charge in [-0.1, -0.05) is 23.7 Å². The summed E-state index contributed by atoms with van der Waals surface area (Å²) in [6.45, 7) is 0.0574. The van der Waals surface area contributed by atoms with Gasteiger partial charge in [0.25, 0.3) is 0 Å². The third-order valence-corrected chi connectivity index (χ3v) is 2.71. The molecule has 0 aromatic heterocycles. The van der Waals surface area contributed by atoms with Crippen molar-refractivity contribution in [3.63, 3.8) is 0 Å². The van der Waals surface area contributed by atoms with Crippen LogP contribution in [0, 0.1) is 5.82 Å². The molecule has 1 N–H and O–H groups in total. The fraction of sp³-hybridized carbons (Fsp3) is 0.143. The Hall–Kier alpha value is -1.58. The molecule has 0 saturated heterocycles. The average Bonchev–Trinajstić information content (AvgIpc) is 2.37. The number of ether oxygens (including phenoxy) is 1. The van der Waals surface area contributed by atoms with Gasteiger partial charge in [-0.25, -0.2) is 4.39 Å². The standard InChI is InChI=1S/C14H12ClFO2/c15-12-3-1-2-10(6-12)9-18-14-5-4-13(16)7-11(14)8-17/h1-7,17H,8-9H2. The molecule has 2 aromatic rings. The number of hydrogen-bond acceptors (Lipinski definition) is 2. The second kappa shape index (κ2) is 5.85. The van der Waals surface area contributed by atoms with Crippen LogP contribution in [0.15, 0.2) is 42.5 Å². The molecule has 2 rings (SSSR count). The van der Waals surface area contributed by atoms with E-state index in [1.807, 2.05) is 12.1 Å². The smallest absolute Gasteiger partial charge is 0.125 e. The summed E-state index contributed by atoms with van der Waals surface area (Å²) in [7, 11) is 0. The van der Waals surface area contributed by atoms with Crippen LogP contribution in [-0.2, 0) is 13.2 Å². The van der Waals surface area contributed by atoms with Crippen molar-refractivity contribution >= 4 is 11.6 Å². The molecule has 94 valence electrons. The van der Waals surface area contributed by atoms with E-state index >= 15 is 0 Å². The van der Waals surface area contributed by atoms with Crippen molar-refractivity contribution in [1.29, 1.82) is 0 Å². The number of halogens is 2. The van der Waals surface area contributed by atoms with Crippen LogP contribution in [0.5, 0.6) is 5.75 Å². The maximum Gasteiger partial charge on any atom is 0.125 e. The summed E-state index contributed by atoms with van der Waals surface area (Å²) in [5.41, 5.74) is 1.34. The largest absolute Gasteiger partial charge is 0.489 e.